The third-order valence-electron chi connectivity index (χ3n) is 1.68. The molecule has 0 aromatic heterocycles. The minimum Gasteiger partial charge on any atom is -0.508 e. The highest BCUT2D eigenvalue weighted by Crippen LogP contribution is 2.15. The number of hydrogen-bond acceptors (Lipinski definition) is 4. The Morgan fingerprint density at radius 3 is 2.67 bits per heavy atom. The Kier molecular flexibility index (Phi) is 3.12. The molecule has 0 aliphatic carbocycles. The van der Waals surface area contributed by atoms with Crippen LogP contribution < -0.4 is 0 Å². The second-order valence-corrected chi connectivity index (χ2v) is 4.97. The van der Waals surface area contributed by atoms with Gasteiger partial charge in [0.1, 0.15) is 16.7 Å². The van der Waals surface area contributed by atoms with E-state index in [1.807, 2.05) is 0 Å². The van der Waals surface area contributed by atoms with Gasteiger partial charge in [0.15, 0.2) is 9.84 Å². The van der Waals surface area contributed by atoms with Crippen molar-refractivity contribution < 1.29 is 13.5 Å². The Bertz CT molecular complexity index is 538. The van der Waals surface area contributed by atoms with Gasteiger partial charge in [-0.05, 0) is 23.8 Å². The van der Waals surface area contributed by atoms with E-state index in [0.29, 0.717) is 5.56 Å². The number of phenols is 1. The Morgan fingerprint density at radius 1 is 1.53 bits per heavy atom. The van der Waals surface area contributed by atoms with E-state index in [1.165, 1.54) is 18.2 Å². The van der Waals surface area contributed by atoms with E-state index >= 15 is 0 Å². The van der Waals surface area contributed by atoms with Gasteiger partial charge in [-0.1, -0.05) is 12.1 Å². The third-order valence-corrected chi connectivity index (χ3v) is 2.69. The highest BCUT2D eigenvalue weighted by Gasteiger charge is 2.10. The average Bonchev–Trinajstić information content (AvgIpc) is 2.12. The van der Waals surface area contributed by atoms with Gasteiger partial charge >= 0.3 is 0 Å². The predicted molar refractivity (Wildman–Crippen MR) is 56.5 cm³/mol. The number of allylic oxidation sites excluding steroid dienone is 1. The Hall–Kier alpha value is -1.80. The highest BCUT2D eigenvalue weighted by atomic mass is 32.2. The van der Waals surface area contributed by atoms with Crippen LogP contribution in [0.1, 0.15) is 5.56 Å². The van der Waals surface area contributed by atoms with Crippen LogP contribution >= 0.6 is 0 Å². The molecule has 0 saturated heterocycles. The fourth-order valence-electron chi connectivity index (χ4n) is 0.988. The quantitative estimate of drug-likeness (QED) is 0.766. The summed E-state index contributed by atoms with van der Waals surface area (Å²) < 4.78 is 22.2. The van der Waals surface area contributed by atoms with E-state index in [1.54, 1.807) is 18.2 Å². The summed E-state index contributed by atoms with van der Waals surface area (Å²) in [5.41, 5.74) is 0.469. The van der Waals surface area contributed by atoms with Gasteiger partial charge in [0.25, 0.3) is 0 Å². The SMILES string of the molecule is CS(=O)(=O)C(C#N)=Cc1cccc(O)c1. The third kappa shape index (κ3) is 3.11. The molecule has 0 amide bonds. The zero-order valence-electron chi connectivity index (χ0n) is 8.01. The van der Waals surface area contributed by atoms with Crippen LogP contribution in [0.15, 0.2) is 29.2 Å². The molecule has 1 aromatic rings. The monoisotopic (exact) mass is 223 g/mol. The molecule has 0 aliphatic heterocycles. The number of nitrogens with zero attached hydrogens (tertiary/aromatic N) is 1. The van der Waals surface area contributed by atoms with Crippen molar-refractivity contribution in [2.75, 3.05) is 6.26 Å². The molecule has 1 rings (SSSR count). The predicted octanol–water partition coefficient (Wildman–Crippen LogP) is 1.30. The lowest BCUT2D eigenvalue weighted by Crippen LogP contribution is -1.98. The van der Waals surface area contributed by atoms with Crippen molar-refractivity contribution in [2.45, 2.75) is 0 Å². The Balaban J connectivity index is 3.23. The summed E-state index contributed by atoms with van der Waals surface area (Å²) in [7, 11) is -3.51. The first-order valence-electron chi connectivity index (χ1n) is 4.04. The van der Waals surface area contributed by atoms with Gasteiger partial charge in [-0.2, -0.15) is 5.26 Å². The van der Waals surface area contributed by atoms with Crippen LogP contribution in [0.25, 0.3) is 6.08 Å². The summed E-state index contributed by atoms with van der Waals surface area (Å²) in [4.78, 5) is -0.326. The summed E-state index contributed by atoms with van der Waals surface area (Å²) in [6.07, 6.45) is 2.18. The van der Waals surface area contributed by atoms with Crippen molar-refractivity contribution in [1.82, 2.24) is 0 Å². The number of benzene rings is 1. The summed E-state index contributed by atoms with van der Waals surface area (Å²) >= 11 is 0. The van der Waals surface area contributed by atoms with E-state index < -0.39 is 9.84 Å². The van der Waals surface area contributed by atoms with Gasteiger partial charge in [-0.3, -0.25) is 0 Å². The fourth-order valence-corrected chi connectivity index (χ4v) is 1.50. The molecule has 0 aliphatic rings. The smallest absolute Gasteiger partial charge is 0.185 e. The summed E-state index contributed by atoms with van der Waals surface area (Å²) in [6.45, 7) is 0. The van der Waals surface area contributed by atoms with Gasteiger partial charge in [-0.15, -0.1) is 0 Å². The average molecular weight is 223 g/mol. The molecule has 1 N–H and O–H groups in total. The van der Waals surface area contributed by atoms with Crippen LogP contribution in [0.3, 0.4) is 0 Å². The van der Waals surface area contributed by atoms with Crippen molar-refractivity contribution in [3.8, 4) is 11.8 Å². The van der Waals surface area contributed by atoms with E-state index in [9.17, 15) is 8.42 Å². The van der Waals surface area contributed by atoms with E-state index in [2.05, 4.69) is 0 Å². The molecular weight excluding hydrogens is 214 g/mol. The van der Waals surface area contributed by atoms with E-state index in [0.717, 1.165) is 6.26 Å². The van der Waals surface area contributed by atoms with Gasteiger partial charge in [0, 0.05) is 6.26 Å². The van der Waals surface area contributed by atoms with Gasteiger partial charge < -0.3 is 5.11 Å². The number of hydrogen-bond donors (Lipinski definition) is 1. The maximum atomic E-state index is 11.1. The molecule has 0 atom stereocenters. The normalized spacial score (nSPS) is 12.1. The zero-order valence-corrected chi connectivity index (χ0v) is 8.82. The van der Waals surface area contributed by atoms with Crippen LogP contribution in [-0.2, 0) is 9.84 Å². The standard InChI is InChI=1S/C10H9NO3S/c1-15(13,14)10(7-11)6-8-3-2-4-9(12)5-8/h2-6,12H,1H3. The van der Waals surface area contributed by atoms with Gasteiger partial charge in [0.05, 0.1) is 0 Å². The molecule has 15 heavy (non-hydrogen) atoms. The lowest BCUT2D eigenvalue weighted by Gasteiger charge is -1.97. The maximum absolute atomic E-state index is 11.1. The minimum atomic E-state index is -3.51. The highest BCUT2D eigenvalue weighted by molar-refractivity contribution is 7.95. The molecule has 4 nitrogen and oxygen atoms in total. The number of rotatable bonds is 2. The second kappa shape index (κ2) is 4.15. The van der Waals surface area contributed by atoms with Crippen LogP contribution in [0, 0.1) is 11.3 Å². The largest absolute Gasteiger partial charge is 0.508 e. The molecule has 0 bridgehead atoms. The molecule has 0 heterocycles. The molecule has 5 heteroatoms. The van der Waals surface area contributed by atoms with E-state index in [-0.39, 0.29) is 10.7 Å². The van der Waals surface area contributed by atoms with Crippen molar-refractivity contribution in [3.63, 3.8) is 0 Å². The molecular formula is C10H9NO3S. The van der Waals surface area contributed by atoms with E-state index in [4.69, 9.17) is 10.4 Å². The molecule has 0 unspecified atom stereocenters. The Labute approximate surface area is 88.0 Å². The fraction of sp³-hybridized carbons (Fsp3) is 0.100. The lowest BCUT2D eigenvalue weighted by atomic mass is 10.2. The Morgan fingerprint density at radius 2 is 2.20 bits per heavy atom. The molecule has 0 radical (unpaired) electrons. The maximum Gasteiger partial charge on any atom is 0.185 e. The number of sulfone groups is 1. The van der Waals surface area contributed by atoms with Crippen LogP contribution in [0.2, 0.25) is 0 Å². The van der Waals surface area contributed by atoms with Crippen molar-refractivity contribution in [1.29, 1.82) is 5.26 Å². The molecule has 0 fully saturated rings. The van der Waals surface area contributed by atoms with Crippen LogP contribution in [-0.4, -0.2) is 19.8 Å². The number of phenolic OH excluding ortho intramolecular Hbond substituents is 1. The van der Waals surface area contributed by atoms with Crippen molar-refractivity contribution in [2.24, 2.45) is 0 Å². The topological polar surface area (TPSA) is 78.2 Å². The van der Waals surface area contributed by atoms with Gasteiger partial charge in [-0.25, -0.2) is 8.42 Å². The summed E-state index contributed by atoms with van der Waals surface area (Å²) in [6, 6.07) is 7.61. The number of aromatic hydroxyl groups is 1. The first kappa shape index (κ1) is 11.3. The van der Waals surface area contributed by atoms with Crippen molar-refractivity contribution in [3.05, 3.63) is 34.7 Å². The zero-order chi connectivity index (χ0) is 11.5. The van der Waals surface area contributed by atoms with Crippen LogP contribution in [0.5, 0.6) is 5.75 Å². The first-order valence-corrected chi connectivity index (χ1v) is 5.93. The van der Waals surface area contributed by atoms with Crippen molar-refractivity contribution >= 4 is 15.9 Å². The number of nitriles is 1. The summed E-state index contributed by atoms with van der Waals surface area (Å²) in [5.74, 6) is 0.0227. The van der Waals surface area contributed by atoms with Gasteiger partial charge in [0.2, 0.25) is 0 Å². The minimum absolute atomic E-state index is 0.0227. The molecule has 1 aromatic carbocycles. The molecule has 78 valence electrons. The lowest BCUT2D eigenvalue weighted by molar-refractivity contribution is 0.475. The first-order chi connectivity index (χ1) is 6.93. The molecule has 0 saturated carbocycles. The summed E-state index contributed by atoms with van der Waals surface area (Å²) in [5, 5.41) is 17.8. The molecule has 0 spiro atoms. The van der Waals surface area contributed by atoms with Crippen LogP contribution in [0.4, 0.5) is 0 Å². The second-order valence-electron chi connectivity index (χ2n) is 2.99.